The molecule has 0 N–H and O–H groups in total. The highest BCUT2D eigenvalue weighted by atomic mass is 35.5. The van der Waals surface area contributed by atoms with Crippen LogP contribution in [0.5, 0.6) is 17.2 Å². The van der Waals surface area contributed by atoms with E-state index in [4.69, 9.17) is 25.8 Å². The van der Waals surface area contributed by atoms with E-state index < -0.39 is 0 Å². The molecule has 1 fully saturated rings. The van der Waals surface area contributed by atoms with Crippen molar-refractivity contribution in [2.45, 2.75) is 6.54 Å². The van der Waals surface area contributed by atoms with Crippen LogP contribution in [-0.2, 0) is 6.54 Å². The number of nitrogens with zero attached hydrogens (tertiary/aromatic N) is 2. The second-order valence-corrected chi connectivity index (χ2v) is 7.01. The molecule has 0 aliphatic carbocycles. The Balaban J connectivity index is 1.67. The summed E-state index contributed by atoms with van der Waals surface area (Å²) < 4.78 is 16.1. The Morgan fingerprint density at radius 2 is 1.54 bits per heavy atom. The molecule has 2 aromatic carbocycles. The van der Waals surface area contributed by atoms with E-state index in [-0.39, 0.29) is 5.91 Å². The summed E-state index contributed by atoms with van der Waals surface area (Å²) in [5.74, 6) is 1.29. The molecule has 0 unspecified atom stereocenters. The van der Waals surface area contributed by atoms with Gasteiger partial charge in [0.2, 0.25) is 5.75 Å². The van der Waals surface area contributed by atoms with E-state index in [0.29, 0.717) is 35.9 Å². The molecule has 6 nitrogen and oxygen atoms in total. The summed E-state index contributed by atoms with van der Waals surface area (Å²) in [6.07, 6.45) is 0. The number of carbonyl (C=O) groups excluding carboxylic acids is 1. The van der Waals surface area contributed by atoms with Crippen LogP contribution in [0.2, 0.25) is 5.02 Å². The number of ether oxygens (including phenoxy) is 3. The Hall–Kier alpha value is -2.44. The van der Waals surface area contributed by atoms with E-state index in [1.165, 1.54) is 19.8 Å². The van der Waals surface area contributed by atoms with Crippen LogP contribution in [0, 0.1) is 0 Å². The van der Waals surface area contributed by atoms with Crippen molar-refractivity contribution < 1.29 is 19.0 Å². The molecule has 7 heteroatoms. The van der Waals surface area contributed by atoms with Gasteiger partial charge >= 0.3 is 0 Å². The quantitative estimate of drug-likeness (QED) is 0.739. The van der Waals surface area contributed by atoms with Crippen molar-refractivity contribution in [3.05, 3.63) is 52.5 Å². The minimum absolute atomic E-state index is 0.0658. The third-order valence-corrected chi connectivity index (χ3v) is 5.17. The summed E-state index contributed by atoms with van der Waals surface area (Å²) in [6.45, 7) is 3.78. The van der Waals surface area contributed by atoms with Gasteiger partial charge in [-0.2, -0.15) is 0 Å². The van der Waals surface area contributed by atoms with Crippen LogP contribution in [-0.4, -0.2) is 63.2 Å². The summed E-state index contributed by atoms with van der Waals surface area (Å²) in [5, 5.41) is 0.739. The van der Waals surface area contributed by atoms with Gasteiger partial charge in [-0.15, -0.1) is 0 Å². The Morgan fingerprint density at radius 3 is 2.11 bits per heavy atom. The first-order valence-electron chi connectivity index (χ1n) is 9.12. The third-order valence-electron chi connectivity index (χ3n) is 4.91. The summed E-state index contributed by atoms with van der Waals surface area (Å²) in [7, 11) is 4.61. The van der Waals surface area contributed by atoms with Gasteiger partial charge in [0.25, 0.3) is 5.91 Å². The lowest BCUT2D eigenvalue weighted by molar-refractivity contribution is 0.0624. The molecular formula is C21H25ClN2O4. The van der Waals surface area contributed by atoms with Crippen LogP contribution >= 0.6 is 11.6 Å². The molecule has 0 bridgehead atoms. The first-order valence-corrected chi connectivity index (χ1v) is 9.50. The zero-order valence-corrected chi connectivity index (χ0v) is 17.2. The number of piperazine rings is 1. The average Bonchev–Trinajstić information content (AvgIpc) is 2.74. The van der Waals surface area contributed by atoms with Crippen molar-refractivity contribution in [1.29, 1.82) is 0 Å². The third kappa shape index (κ3) is 4.34. The highest BCUT2D eigenvalue weighted by Gasteiger charge is 2.27. The number of benzene rings is 2. The van der Waals surface area contributed by atoms with Gasteiger partial charge in [-0.05, 0) is 29.8 Å². The number of carbonyl (C=O) groups is 1. The number of halogens is 1. The van der Waals surface area contributed by atoms with Gasteiger partial charge in [-0.25, -0.2) is 0 Å². The molecule has 0 spiro atoms. The minimum Gasteiger partial charge on any atom is -0.493 e. The summed E-state index contributed by atoms with van der Waals surface area (Å²) in [6, 6.07) is 11.3. The zero-order valence-electron chi connectivity index (χ0n) is 16.4. The molecule has 0 radical (unpaired) electrons. The SMILES string of the molecule is COc1ccc(C(=O)N2CCN(Cc3ccc(Cl)cc3)CC2)c(OC)c1OC. The van der Waals surface area contributed by atoms with Gasteiger partial charge in [0.1, 0.15) is 0 Å². The fourth-order valence-corrected chi connectivity index (χ4v) is 3.52. The Kier molecular flexibility index (Phi) is 6.65. The molecule has 1 saturated heterocycles. The Bertz CT molecular complexity index is 818. The van der Waals surface area contributed by atoms with E-state index in [0.717, 1.165) is 24.7 Å². The van der Waals surface area contributed by atoms with E-state index in [1.54, 1.807) is 19.2 Å². The van der Waals surface area contributed by atoms with Crippen LogP contribution in [0.4, 0.5) is 0 Å². The van der Waals surface area contributed by atoms with Crippen molar-refractivity contribution in [3.8, 4) is 17.2 Å². The molecule has 28 heavy (non-hydrogen) atoms. The number of hydrogen-bond donors (Lipinski definition) is 0. The Morgan fingerprint density at radius 1 is 0.893 bits per heavy atom. The average molecular weight is 405 g/mol. The lowest BCUT2D eigenvalue weighted by Gasteiger charge is -2.35. The van der Waals surface area contributed by atoms with Crippen molar-refractivity contribution in [2.75, 3.05) is 47.5 Å². The van der Waals surface area contributed by atoms with Crippen LogP contribution in [0.1, 0.15) is 15.9 Å². The molecule has 3 rings (SSSR count). The predicted molar refractivity (Wildman–Crippen MR) is 109 cm³/mol. The Labute approximate surface area is 170 Å². The van der Waals surface area contributed by atoms with Crippen molar-refractivity contribution in [2.24, 2.45) is 0 Å². The van der Waals surface area contributed by atoms with Crippen molar-refractivity contribution in [3.63, 3.8) is 0 Å². The van der Waals surface area contributed by atoms with E-state index in [9.17, 15) is 4.79 Å². The van der Waals surface area contributed by atoms with Crippen molar-refractivity contribution >= 4 is 17.5 Å². The molecule has 1 amide bonds. The van der Waals surface area contributed by atoms with Gasteiger partial charge in [0.05, 0.1) is 26.9 Å². The molecule has 2 aromatic rings. The molecule has 1 heterocycles. The lowest BCUT2D eigenvalue weighted by atomic mass is 10.1. The zero-order chi connectivity index (χ0) is 20.1. The maximum absolute atomic E-state index is 13.1. The molecule has 0 saturated carbocycles. The summed E-state index contributed by atoms with van der Waals surface area (Å²) >= 11 is 5.95. The van der Waals surface area contributed by atoms with E-state index >= 15 is 0 Å². The highest BCUT2D eigenvalue weighted by Crippen LogP contribution is 2.40. The second-order valence-electron chi connectivity index (χ2n) is 6.58. The number of hydrogen-bond acceptors (Lipinski definition) is 5. The summed E-state index contributed by atoms with van der Waals surface area (Å²) in [5.41, 5.74) is 1.69. The van der Waals surface area contributed by atoms with Crippen molar-refractivity contribution in [1.82, 2.24) is 9.80 Å². The van der Waals surface area contributed by atoms with E-state index in [2.05, 4.69) is 4.90 Å². The fraction of sp³-hybridized carbons (Fsp3) is 0.381. The second kappa shape index (κ2) is 9.17. The van der Waals surface area contributed by atoms with Crippen LogP contribution in [0.15, 0.2) is 36.4 Å². The molecule has 150 valence electrons. The van der Waals surface area contributed by atoms with E-state index in [1.807, 2.05) is 29.2 Å². The van der Waals surface area contributed by atoms with Gasteiger partial charge in [-0.1, -0.05) is 23.7 Å². The van der Waals surface area contributed by atoms with Gasteiger partial charge in [0.15, 0.2) is 11.5 Å². The first-order chi connectivity index (χ1) is 13.6. The normalized spacial score (nSPS) is 14.6. The standard InChI is InChI=1S/C21H25ClN2O4/c1-26-18-9-8-17(19(27-2)20(18)28-3)21(25)24-12-10-23(11-13-24)14-15-4-6-16(22)7-5-15/h4-9H,10-14H2,1-3H3. The lowest BCUT2D eigenvalue weighted by Crippen LogP contribution is -2.48. The van der Waals surface area contributed by atoms with Crippen LogP contribution in [0.25, 0.3) is 0 Å². The number of methoxy groups -OCH3 is 3. The molecule has 1 aliphatic heterocycles. The molecule has 0 atom stereocenters. The fourth-order valence-electron chi connectivity index (χ4n) is 3.40. The van der Waals surface area contributed by atoms with Crippen LogP contribution in [0.3, 0.4) is 0 Å². The van der Waals surface area contributed by atoms with Gasteiger partial charge in [0, 0.05) is 37.7 Å². The maximum Gasteiger partial charge on any atom is 0.257 e. The van der Waals surface area contributed by atoms with Gasteiger partial charge < -0.3 is 19.1 Å². The smallest absolute Gasteiger partial charge is 0.257 e. The number of amides is 1. The van der Waals surface area contributed by atoms with Gasteiger partial charge in [-0.3, -0.25) is 9.69 Å². The van der Waals surface area contributed by atoms with Crippen LogP contribution < -0.4 is 14.2 Å². The summed E-state index contributed by atoms with van der Waals surface area (Å²) in [4.78, 5) is 17.2. The monoisotopic (exact) mass is 404 g/mol. The minimum atomic E-state index is -0.0658. The highest BCUT2D eigenvalue weighted by molar-refractivity contribution is 6.30. The molecule has 1 aliphatic rings. The topological polar surface area (TPSA) is 51.2 Å². The number of rotatable bonds is 6. The maximum atomic E-state index is 13.1. The molecular weight excluding hydrogens is 380 g/mol. The largest absolute Gasteiger partial charge is 0.493 e. The molecule has 0 aromatic heterocycles. The predicted octanol–water partition coefficient (Wildman–Crippen LogP) is 3.32. The first kappa shape index (κ1) is 20.3.